The number of aromatic nitrogens is 2. The van der Waals surface area contributed by atoms with Gasteiger partial charge in [0.25, 0.3) is 11.5 Å². The monoisotopic (exact) mass is 1200 g/mol. The number of thiophene rings is 1. The first-order valence-corrected chi connectivity index (χ1v) is 29.9. The lowest BCUT2D eigenvalue weighted by atomic mass is 9.98. The van der Waals surface area contributed by atoms with Gasteiger partial charge >= 0.3 is 37.9 Å². The van der Waals surface area contributed by atoms with E-state index >= 15 is 0 Å². The van der Waals surface area contributed by atoms with Gasteiger partial charge in [-0.15, -0.1) is 23.1 Å². The van der Waals surface area contributed by atoms with Crippen LogP contribution < -0.4 is 32.1 Å². The molecule has 0 fully saturated rings. The molecule has 3 atom stereocenters. The summed E-state index contributed by atoms with van der Waals surface area (Å²) < 4.78 is 32.5. The Morgan fingerprint density at radius 1 is 0.887 bits per heavy atom. The third kappa shape index (κ3) is 17.3. The summed E-state index contributed by atoms with van der Waals surface area (Å²) in [7, 11) is -2.45. The highest BCUT2D eigenvalue weighted by atomic mass is 33.1. The summed E-state index contributed by atoms with van der Waals surface area (Å²) >= 11 is 2.29. The third-order valence-electron chi connectivity index (χ3n) is 12.1. The molecule has 5 aromatic rings. The molecule has 80 heavy (non-hydrogen) atoms. The molecule has 3 heterocycles. The molecule has 7 rings (SSSR count). The predicted molar refractivity (Wildman–Crippen MR) is 295 cm³/mol. The summed E-state index contributed by atoms with van der Waals surface area (Å²) in [5.74, 6) is -5.72. The highest BCUT2D eigenvalue weighted by molar-refractivity contribution is 8.76. The molecule has 1 aliphatic carbocycles. The summed E-state index contributed by atoms with van der Waals surface area (Å²) in [6, 6.07) is 21.2. The maximum absolute atomic E-state index is 14.0. The number of carbonyl (C=O) groups is 7. The molecule has 2 aromatic heterocycles. The van der Waals surface area contributed by atoms with Gasteiger partial charge in [0.1, 0.15) is 36.8 Å². The molecule has 3 unspecified atom stereocenters. The molecule has 30 heteroatoms. The second-order valence-corrected chi connectivity index (χ2v) is 23.9. The number of nitrogen functional groups attached to an aromatic ring is 1. The van der Waals surface area contributed by atoms with Crippen molar-refractivity contribution in [3.63, 3.8) is 0 Å². The number of aryl methyl sites for hydroxylation is 1. The SMILES string of the molecule is Nc1nc2c(c(=O)[nH]1)SC(CCc1ccc(C(=O)NC(CCC(=O)O)C(=O)O)s1)CN2C(=O)OCc1ccc(SSCC(NC(=O)OCC2c3ccccc3-c3ccccc32)C(=O)NCCOP(=O)(O)O)c(CCOCC(=O)O)c1. The Bertz CT molecular complexity index is 3170. The molecule has 0 radical (unpaired) electrons. The first-order chi connectivity index (χ1) is 38.2. The zero-order chi connectivity index (χ0) is 57.5. The van der Waals surface area contributed by atoms with Gasteiger partial charge in [0.05, 0.1) is 18.1 Å². The van der Waals surface area contributed by atoms with Crippen LogP contribution in [0.2, 0.25) is 0 Å². The first-order valence-electron chi connectivity index (χ1n) is 24.4. The van der Waals surface area contributed by atoms with Crippen LogP contribution in [0.25, 0.3) is 11.1 Å². The minimum Gasteiger partial charge on any atom is -0.481 e. The van der Waals surface area contributed by atoms with Crippen molar-refractivity contribution in [3.05, 3.63) is 121 Å². The molecule has 25 nitrogen and oxygen atoms in total. The van der Waals surface area contributed by atoms with Gasteiger partial charge in [-0.05, 0) is 77.3 Å². The Morgan fingerprint density at radius 2 is 1.61 bits per heavy atom. The lowest BCUT2D eigenvalue weighted by molar-refractivity contribution is -0.142. The van der Waals surface area contributed by atoms with Crippen LogP contribution in [0.3, 0.4) is 0 Å². The van der Waals surface area contributed by atoms with Crippen LogP contribution in [0.1, 0.15) is 62.0 Å². The molecular weight excluding hydrogens is 1150 g/mol. The number of aromatic amines is 1. The second kappa shape index (κ2) is 28.5. The number of anilines is 2. The Hall–Kier alpha value is -6.95. The molecule has 426 valence electrons. The number of nitrogens with zero attached hydrogens (tertiary/aromatic N) is 2. The zero-order valence-electron chi connectivity index (χ0n) is 42.1. The van der Waals surface area contributed by atoms with Crippen LogP contribution in [-0.2, 0) is 61.9 Å². The molecule has 2 aliphatic rings. The normalized spacial score (nSPS) is 14.4. The number of phosphoric ester groups is 1. The number of phosphoric acid groups is 1. The van der Waals surface area contributed by atoms with E-state index in [1.165, 1.54) is 33.5 Å². The van der Waals surface area contributed by atoms with Crippen LogP contribution in [0.5, 0.6) is 0 Å². The van der Waals surface area contributed by atoms with Crippen molar-refractivity contribution in [1.82, 2.24) is 25.9 Å². The van der Waals surface area contributed by atoms with Gasteiger partial charge in [0, 0.05) is 46.2 Å². The number of fused-ring (bicyclic) bond motifs is 4. The number of aliphatic carboxylic acids is 3. The van der Waals surface area contributed by atoms with Crippen molar-refractivity contribution in [3.8, 4) is 11.1 Å². The minimum absolute atomic E-state index is 0.0157. The first kappa shape index (κ1) is 60.7. The van der Waals surface area contributed by atoms with Crippen molar-refractivity contribution >= 4 is 106 Å². The van der Waals surface area contributed by atoms with Gasteiger partial charge in [-0.1, -0.05) is 82.3 Å². The fourth-order valence-electron chi connectivity index (χ4n) is 8.41. The second-order valence-electron chi connectivity index (χ2n) is 17.8. The average Bonchev–Trinajstić information content (AvgIpc) is 4.11. The number of nitrogens with one attached hydrogen (secondary N) is 4. The molecule has 3 aromatic carbocycles. The fraction of sp³-hybridized carbons (Fsp3) is 0.340. The van der Waals surface area contributed by atoms with E-state index in [1.54, 1.807) is 24.3 Å². The Labute approximate surface area is 471 Å². The average molecular weight is 1200 g/mol. The van der Waals surface area contributed by atoms with E-state index in [0.717, 1.165) is 49.3 Å². The Balaban J connectivity index is 0.996. The quantitative estimate of drug-likeness (QED) is 0.0174. The van der Waals surface area contributed by atoms with Crippen LogP contribution in [-0.4, -0.2) is 140 Å². The highest BCUT2D eigenvalue weighted by Gasteiger charge is 2.35. The molecule has 0 saturated heterocycles. The molecule has 0 spiro atoms. The number of amides is 4. The van der Waals surface area contributed by atoms with E-state index in [2.05, 4.69) is 30.4 Å². The Kier molecular flexibility index (Phi) is 21.6. The number of ether oxygens (including phenoxy) is 3. The number of alkyl carbamates (subject to hydrolysis) is 1. The number of thioether (sulfide) groups is 1. The maximum atomic E-state index is 14.0. The largest absolute Gasteiger partial charge is 0.481 e. The van der Waals surface area contributed by atoms with Gasteiger partial charge in [-0.25, -0.2) is 23.7 Å². The molecule has 11 N–H and O–H groups in total. The van der Waals surface area contributed by atoms with Crippen LogP contribution in [0, 0.1) is 0 Å². The van der Waals surface area contributed by atoms with Gasteiger partial charge < -0.3 is 61.0 Å². The van der Waals surface area contributed by atoms with Crippen molar-refractivity contribution in [2.45, 2.75) is 71.8 Å². The fourth-order valence-corrected chi connectivity index (χ4v) is 13.3. The molecule has 1 aliphatic heterocycles. The number of H-pyrrole nitrogens is 1. The highest BCUT2D eigenvalue weighted by Crippen LogP contribution is 2.45. The van der Waals surface area contributed by atoms with Gasteiger partial charge in [-0.3, -0.25) is 33.6 Å². The summed E-state index contributed by atoms with van der Waals surface area (Å²) in [5.41, 5.74) is 10.4. The number of hydrogen-bond donors (Lipinski definition) is 10. The molecule has 0 bridgehead atoms. The standard InChI is InChI=1S/C50H54N7O18PS4/c51-48-55-43-42(46(64)56-48)79-30(11-10-29-12-15-39(78-29)45(63)53-36(47(65)66)13-16-40(58)59)22-57(43)50(68)74-23-27-9-14-38(28(21-27)17-19-72-25-41(60)61)80-77-26-37(44(62)52-18-20-75-76(69,70)71)54-49(67)73-24-35-33-7-3-1-5-31(33)32-6-2-4-8-34(32)35/h1-9,12,14-15,21,30,35-37H,10-11,13,16-20,22-26H2,(H,52,62)(H,53,63)(H,54,67)(H,58,59)(H,60,61)(H,65,66)(H2,69,70,71)(H3,51,55,56,64). The molecule has 4 amide bonds. The topological polar surface area (TPSA) is 386 Å². The minimum atomic E-state index is -4.83. The Morgan fingerprint density at radius 3 is 2.30 bits per heavy atom. The molecular formula is C50H54N7O18PS4. The number of carbonyl (C=O) groups excluding carboxylic acids is 4. The zero-order valence-corrected chi connectivity index (χ0v) is 46.3. The summed E-state index contributed by atoms with van der Waals surface area (Å²) in [6.45, 7) is -1.70. The van der Waals surface area contributed by atoms with E-state index in [-0.39, 0.29) is 84.2 Å². The number of carboxylic acids is 3. The summed E-state index contributed by atoms with van der Waals surface area (Å²) in [5, 5.41) is 34.7. The van der Waals surface area contributed by atoms with Gasteiger partial charge in [0.15, 0.2) is 5.82 Å². The number of hydrogen-bond acceptors (Lipinski definition) is 19. The van der Waals surface area contributed by atoms with Crippen LogP contribution >= 0.6 is 52.5 Å². The summed E-state index contributed by atoms with van der Waals surface area (Å²) in [4.78, 5) is 129. The van der Waals surface area contributed by atoms with Crippen LogP contribution in [0.15, 0.2) is 93.4 Å². The maximum Gasteiger partial charge on any atom is 0.469 e. The van der Waals surface area contributed by atoms with Gasteiger partial charge in [0.2, 0.25) is 11.9 Å². The smallest absolute Gasteiger partial charge is 0.469 e. The summed E-state index contributed by atoms with van der Waals surface area (Å²) in [6.07, 6.45) is -1.54. The molecule has 0 saturated carbocycles. The van der Waals surface area contributed by atoms with E-state index in [0.29, 0.717) is 28.9 Å². The van der Waals surface area contributed by atoms with Crippen molar-refractivity contribution in [1.29, 1.82) is 0 Å². The number of carboxylic acid groups (broad SMARTS) is 3. The van der Waals surface area contributed by atoms with E-state index in [4.69, 9.17) is 34.8 Å². The van der Waals surface area contributed by atoms with E-state index in [1.807, 2.05) is 48.5 Å². The van der Waals surface area contributed by atoms with Crippen molar-refractivity contribution in [2.75, 3.05) is 55.9 Å². The lowest BCUT2D eigenvalue weighted by Gasteiger charge is -2.32. The van der Waals surface area contributed by atoms with E-state index in [9.17, 15) is 53.1 Å². The lowest BCUT2D eigenvalue weighted by Crippen LogP contribution is -2.49. The van der Waals surface area contributed by atoms with Gasteiger partial charge in [-0.2, -0.15) is 4.98 Å². The number of benzene rings is 3. The van der Waals surface area contributed by atoms with Crippen LogP contribution in [0.4, 0.5) is 21.4 Å². The predicted octanol–water partition coefficient (Wildman–Crippen LogP) is 5.23. The number of rotatable bonds is 28. The van der Waals surface area contributed by atoms with Crippen molar-refractivity contribution < 1.29 is 82.0 Å². The number of nitrogens with two attached hydrogens (primary N) is 1. The van der Waals surface area contributed by atoms with E-state index < -0.39 is 87.0 Å². The van der Waals surface area contributed by atoms with Crippen molar-refractivity contribution in [2.24, 2.45) is 0 Å². The third-order valence-corrected chi connectivity index (χ3v) is 17.5.